The standard InChI is InChI=1S/C6H7N3.H3NO/c7-6(8)5-1-3-9-4-2-5;1-2/h1-4H,(H3,7,8);2H,1H2. The number of pyridine rings is 1. The van der Waals surface area contributed by atoms with Crippen LogP contribution in [0.2, 0.25) is 0 Å². The lowest BCUT2D eigenvalue weighted by Crippen LogP contribution is -2.10. The zero-order valence-corrected chi connectivity index (χ0v) is 5.86. The Morgan fingerprint density at radius 3 is 2.09 bits per heavy atom. The topological polar surface area (TPSA) is 109 Å². The summed E-state index contributed by atoms with van der Waals surface area (Å²) in [6.45, 7) is 0. The van der Waals surface area contributed by atoms with E-state index in [1.807, 2.05) is 0 Å². The fourth-order valence-electron chi connectivity index (χ4n) is 0.531. The third-order valence-electron chi connectivity index (χ3n) is 0.991. The van der Waals surface area contributed by atoms with Gasteiger partial charge >= 0.3 is 0 Å². The Hall–Kier alpha value is -1.46. The highest BCUT2D eigenvalue weighted by molar-refractivity contribution is 5.94. The molecule has 1 aromatic rings. The normalized spacial score (nSPS) is 7.82. The van der Waals surface area contributed by atoms with Crippen LogP contribution in [0.5, 0.6) is 0 Å². The third kappa shape index (κ3) is 3.29. The van der Waals surface area contributed by atoms with Crippen LogP contribution >= 0.6 is 0 Å². The number of nitrogens with one attached hydrogen (secondary N) is 1. The van der Waals surface area contributed by atoms with Crippen molar-refractivity contribution in [2.45, 2.75) is 0 Å². The van der Waals surface area contributed by atoms with Crippen LogP contribution in [0, 0.1) is 5.41 Å². The molecular weight excluding hydrogens is 144 g/mol. The van der Waals surface area contributed by atoms with E-state index < -0.39 is 0 Å². The maximum atomic E-state index is 6.99. The monoisotopic (exact) mass is 154 g/mol. The molecule has 5 heteroatoms. The second-order valence-electron chi connectivity index (χ2n) is 1.65. The summed E-state index contributed by atoms with van der Waals surface area (Å²) in [6, 6.07) is 3.39. The molecule has 11 heavy (non-hydrogen) atoms. The highest BCUT2D eigenvalue weighted by atomic mass is 16.4. The van der Waals surface area contributed by atoms with Gasteiger partial charge in [0.05, 0.1) is 0 Å². The predicted molar refractivity (Wildman–Crippen MR) is 41.2 cm³/mol. The molecule has 0 bridgehead atoms. The van der Waals surface area contributed by atoms with E-state index >= 15 is 0 Å². The van der Waals surface area contributed by atoms with Crippen LogP contribution in [0.15, 0.2) is 24.5 Å². The first-order valence-corrected chi connectivity index (χ1v) is 2.81. The molecule has 0 aliphatic rings. The number of hydrogen-bond acceptors (Lipinski definition) is 4. The third-order valence-corrected chi connectivity index (χ3v) is 0.991. The molecule has 0 spiro atoms. The summed E-state index contributed by atoms with van der Waals surface area (Å²) in [6.07, 6.45) is 3.22. The number of hydrogen-bond donors (Lipinski definition) is 4. The fourth-order valence-corrected chi connectivity index (χ4v) is 0.531. The molecule has 0 atom stereocenters. The van der Waals surface area contributed by atoms with Gasteiger partial charge in [-0.3, -0.25) is 10.4 Å². The van der Waals surface area contributed by atoms with Gasteiger partial charge in [0.1, 0.15) is 5.84 Å². The first-order chi connectivity index (χ1) is 5.30. The summed E-state index contributed by atoms with van der Waals surface area (Å²) in [7, 11) is 0. The van der Waals surface area contributed by atoms with Crippen molar-refractivity contribution in [2.24, 2.45) is 11.6 Å². The van der Waals surface area contributed by atoms with Gasteiger partial charge in [-0.1, -0.05) is 0 Å². The maximum absolute atomic E-state index is 6.99. The van der Waals surface area contributed by atoms with Crippen molar-refractivity contribution in [3.05, 3.63) is 30.1 Å². The number of rotatable bonds is 1. The molecular formula is C6H10N4O. The minimum atomic E-state index is 0.0809. The minimum absolute atomic E-state index is 0.0809. The van der Waals surface area contributed by atoms with Gasteiger partial charge in [-0.25, -0.2) is 5.90 Å². The molecule has 0 aliphatic carbocycles. The number of nitrogen functional groups attached to an aromatic ring is 1. The molecule has 1 rings (SSSR count). The first kappa shape index (κ1) is 9.54. The summed E-state index contributed by atoms with van der Waals surface area (Å²) in [5.41, 5.74) is 5.88. The maximum Gasteiger partial charge on any atom is 0.122 e. The molecule has 0 radical (unpaired) electrons. The van der Waals surface area contributed by atoms with Gasteiger partial charge in [0, 0.05) is 18.0 Å². The quantitative estimate of drug-likeness (QED) is 0.253. The molecule has 0 aliphatic heterocycles. The number of nitrogens with two attached hydrogens (primary N) is 2. The Kier molecular flexibility index (Phi) is 4.63. The van der Waals surface area contributed by atoms with E-state index in [4.69, 9.17) is 16.4 Å². The van der Waals surface area contributed by atoms with E-state index in [0.717, 1.165) is 0 Å². The second kappa shape index (κ2) is 5.33. The van der Waals surface area contributed by atoms with Crippen LogP contribution in [0.3, 0.4) is 0 Å². The van der Waals surface area contributed by atoms with Gasteiger partial charge in [0.2, 0.25) is 0 Å². The molecule has 0 amide bonds. The van der Waals surface area contributed by atoms with Crippen molar-refractivity contribution in [2.75, 3.05) is 0 Å². The molecule has 0 saturated heterocycles. The Labute approximate surface area is 64.1 Å². The molecule has 0 unspecified atom stereocenters. The molecule has 0 aromatic carbocycles. The van der Waals surface area contributed by atoms with Crippen LogP contribution in [0.4, 0.5) is 0 Å². The van der Waals surface area contributed by atoms with E-state index in [1.54, 1.807) is 24.5 Å². The van der Waals surface area contributed by atoms with Gasteiger partial charge < -0.3 is 10.9 Å². The van der Waals surface area contributed by atoms with Gasteiger partial charge in [-0.05, 0) is 12.1 Å². The molecule has 6 N–H and O–H groups in total. The summed E-state index contributed by atoms with van der Waals surface area (Å²) >= 11 is 0. The van der Waals surface area contributed by atoms with E-state index in [0.29, 0.717) is 5.56 Å². The molecule has 1 heterocycles. The van der Waals surface area contributed by atoms with Crippen molar-refractivity contribution in [3.63, 3.8) is 0 Å². The first-order valence-electron chi connectivity index (χ1n) is 2.81. The zero-order chi connectivity index (χ0) is 8.69. The SMILES string of the molecule is N=C(N)c1ccncc1.NO. The smallest absolute Gasteiger partial charge is 0.122 e. The highest BCUT2D eigenvalue weighted by Crippen LogP contribution is 1.91. The van der Waals surface area contributed by atoms with E-state index in [9.17, 15) is 0 Å². The molecule has 1 aromatic heterocycles. The van der Waals surface area contributed by atoms with Crippen molar-refractivity contribution in [1.82, 2.24) is 4.98 Å². The van der Waals surface area contributed by atoms with Gasteiger partial charge in [-0.15, -0.1) is 0 Å². The second-order valence-corrected chi connectivity index (χ2v) is 1.65. The Balaban J connectivity index is 0.000000461. The van der Waals surface area contributed by atoms with Gasteiger partial charge in [-0.2, -0.15) is 0 Å². The average Bonchev–Trinajstić information content (AvgIpc) is 2.10. The Bertz CT molecular complexity index is 211. The number of amidine groups is 1. The van der Waals surface area contributed by atoms with E-state index in [-0.39, 0.29) is 5.84 Å². The summed E-state index contributed by atoms with van der Waals surface area (Å²) in [4.78, 5) is 3.78. The van der Waals surface area contributed by atoms with Crippen molar-refractivity contribution >= 4 is 5.84 Å². The van der Waals surface area contributed by atoms with Crippen LogP contribution in [-0.4, -0.2) is 16.0 Å². The van der Waals surface area contributed by atoms with Crippen molar-refractivity contribution < 1.29 is 5.21 Å². The highest BCUT2D eigenvalue weighted by Gasteiger charge is 1.89. The molecule has 0 saturated carbocycles. The molecule has 60 valence electrons. The van der Waals surface area contributed by atoms with Crippen LogP contribution < -0.4 is 11.6 Å². The lowest BCUT2D eigenvalue weighted by Gasteiger charge is -1.92. The Morgan fingerprint density at radius 1 is 1.36 bits per heavy atom. The molecule has 0 fully saturated rings. The summed E-state index contributed by atoms with van der Waals surface area (Å²) in [5.74, 6) is 3.58. The van der Waals surface area contributed by atoms with E-state index in [1.165, 1.54) is 0 Å². The predicted octanol–water partition coefficient (Wildman–Crippen LogP) is -0.300. The van der Waals surface area contributed by atoms with Crippen molar-refractivity contribution in [3.8, 4) is 0 Å². The minimum Gasteiger partial charge on any atom is -0.384 e. The molecule has 5 nitrogen and oxygen atoms in total. The Morgan fingerprint density at radius 2 is 1.82 bits per heavy atom. The lowest BCUT2D eigenvalue weighted by atomic mass is 10.2. The summed E-state index contributed by atoms with van der Waals surface area (Å²) in [5, 5.41) is 13.5. The van der Waals surface area contributed by atoms with Crippen LogP contribution in [0.1, 0.15) is 5.56 Å². The fraction of sp³-hybridized carbons (Fsp3) is 0. The van der Waals surface area contributed by atoms with Gasteiger partial charge in [0.25, 0.3) is 0 Å². The summed E-state index contributed by atoms with van der Waals surface area (Å²) < 4.78 is 0. The van der Waals surface area contributed by atoms with Gasteiger partial charge in [0.15, 0.2) is 0 Å². The van der Waals surface area contributed by atoms with Crippen LogP contribution in [-0.2, 0) is 0 Å². The van der Waals surface area contributed by atoms with Crippen LogP contribution in [0.25, 0.3) is 0 Å². The number of aromatic nitrogens is 1. The van der Waals surface area contributed by atoms with Crippen molar-refractivity contribution in [1.29, 1.82) is 5.41 Å². The zero-order valence-electron chi connectivity index (χ0n) is 5.86. The average molecular weight is 154 g/mol. The van der Waals surface area contributed by atoms with E-state index in [2.05, 4.69) is 10.9 Å². The largest absolute Gasteiger partial charge is 0.384 e. The lowest BCUT2D eigenvalue weighted by molar-refractivity contribution is 0.311. The number of nitrogens with zero attached hydrogens (tertiary/aromatic N) is 1.